The predicted molar refractivity (Wildman–Crippen MR) is 126 cm³/mol. The van der Waals surface area contributed by atoms with Gasteiger partial charge in [-0.25, -0.2) is 25.6 Å². The topological polar surface area (TPSA) is 83.6 Å². The van der Waals surface area contributed by atoms with Gasteiger partial charge in [-0.15, -0.1) is 0 Å². The quantitative estimate of drug-likeness (QED) is 0.453. The second kappa shape index (κ2) is 16.1. The normalized spacial score (nSPS) is 10.9. The summed E-state index contributed by atoms with van der Waals surface area (Å²) in [5, 5.41) is 3.11. The van der Waals surface area contributed by atoms with E-state index in [2.05, 4.69) is 19.2 Å². The number of benzene rings is 2. The van der Waals surface area contributed by atoms with Crippen LogP contribution in [0.15, 0.2) is 58.3 Å². The van der Waals surface area contributed by atoms with Gasteiger partial charge < -0.3 is 5.32 Å². The zero-order valence-corrected chi connectivity index (χ0v) is 20.9. The third kappa shape index (κ3) is 11.9. The number of hydrogen-bond acceptors (Lipinski definition) is 5. The molecule has 0 spiro atoms. The van der Waals surface area contributed by atoms with Crippen molar-refractivity contribution in [3.8, 4) is 0 Å². The fraction of sp³-hybridized carbons (Fsp3) is 0.400. The van der Waals surface area contributed by atoms with Crippen molar-refractivity contribution in [3.63, 3.8) is 0 Å². The maximum atomic E-state index is 12.6. The molecule has 0 saturated carbocycles. The lowest BCUT2D eigenvalue weighted by atomic mass is 10.4. The molecule has 2 rings (SSSR count). The van der Waals surface area contributed by atoms with E-state index in [1.165, 1.54) is 16.4 Å². The van der Waals surface area contributed by atoms with Gasteiger partial charge in [-0.3, -0.25) is 0 Å². The van der Waals surface area contributed by atoms with E-state index in [1.54, 1.807) is 13.8 Å². The number of rotatable bonds is 7. The lowest BCUT2D eigenvalue weighted by Crippen LogP contribution is -2.30. The van der Waals surface area contributed by atoms with Crippen molar-refractivity contribution in [1.29, 1.82) is 0 Å². The fourth-order valence-electron chi connectivity index (χ4n) is 2.17. The summed E-state index contributed by atoms with van der Waals surface area (Å²) in [5.74, 6) is -0.928. The second-order valence-electron chi connectivity index (χ2n) is 5.89. The lowest BCUT2D eigenvalue weighted by Gasteiger charge is -2.18. The summed E-state index contributed by atoms with van der Waals surface area (Å²) in [4.78, 5) is 0.0353. The van der Waals surface area contributed by atoms with Crippen LogP contribution in [0.1, 0.15) is 27.7 Å². The van der Waals surface area contributed by atoms with Crippen LogP contribution in [0.5, 0.6) is 0 Å². The molecule has 0 aliphatic rings. The fourth-order valence-corrected chi connectivity index (χ4v) is 4.39. The highest BCUT2D eigenvalue weighted by molar-refractivity contribution is 8.13. The molecule has 12 heteroatoms. The molecule has 0 aromatic heterocycles. The zero-order valence-electron chi connectivity index (χ0n) is 18.6. The molecule has 1 N–H and O–H groups in total. The predicted octanol–water partition coefficient (Wildman–Crippen LogP) is 3.84. The monoisotopic (exact) mass is 509 g/mol. The third-order valence-corrected chi connectivity index (χ3v) is 7.19. The van der Waals surface area contributed by atoms with Gasteiger partial charge in [0.15, 0.2) is 0 Å². The number of nitrogens with zero attached hydrogens (tertiary/aromatic N) is 1. The Labute approximate surface area is 197 Å². The van der Waals surface area contributed by atoms with E-state index in [9.17, 15) is 25.6 Å². The van der Waals surface area contributed by atoms with Crippen molar-refractivity contribution in [2.24, 2.45) is 0 Å². The molecule has 0 amide bonds. The summed E-state index contributed by atoms with van der Waals surface area (Å²) in [6.07, 6.45) is 0. The molecule has 0 atom stereocenters. The van der Waals surface area contributed by atoms with E-state index in [0.29, 0.717) is 13.1 Å². The molecule has 32 heavy (non-hydrogen) atoms. The summed E-state index contributed by atoms with van der Waals surface area (Å²) >= 11 is 0. The highest BCUT2D eigenvalue weighted by Crippen LogP contribution is 2.15. The molecule has 179 valence electrons. The van der Waals surface area contributed by atoms with Gasteiger partial charge in [-0.05, 0) is 61.6 Å². The van der Waals surface area contributed by atoms with Crippen LogP contribution >= 0.6 is 10.7 Å². The van der Waals surface area contributed by atoms with Crippen molar-refractivity contribution in [1.82, 2.24) is 9.62 Å². The van der Waals surface area contributed by atoms with Gasteiger partial charge in [0.05, 0.1) is 9.79 Å². The second-order valence-corrected chi connectivity index (χ2v) is 10.4. The highest BCUT2D eigenvalue weighted by Gasteiger charge is 2.20. The Morgan fingerprint density at radius 3 is 1.34 bits per heavy atom. The van der Waals surface area contributed by atoms with E-state index in [4.69, 9.17) is 10.7 Å². The average Bonchev–Trinajstić information content (AvgIpc) is 2.70. The molecule has 6 nitrogen and oxygen atoms in total. The standard InChI is InChI=1S/C10H14FNO2S.C6H4ClFO2S.C4H11N.B/c1-3-12(4-2)15(13,14)10-7-5-9(11)6-8-10;7-11(9,10)6-3-1-5(8)2-4-6;1-3-5-4-2;/h5-8H,3-4H2,1-2H3;1-4H;5H,3-4H2,1-2H3;. The van der Waals surface area contributed by atoms with Gasteiger partial charge >= 0.3 is 0 Å². The Bertz CT molecular complexity index is 970. The maximum Gasteiger partial charge on any atom is 0.261 e. The van der Waals surface area contributed by atoms with Crippen molar-refractivity contribution in [2.45, 2.75) is 37.5 Å². The summed E-state index contributed by atoms with van der Waals surface area (Å²) in [5.41, 5.74) is 0. The van der Waals surface area contributed by atoms with Gasteiger partial charge in [0.2, 0.25) is 10.0 Å². The Hall–Kier alpha value is -1.53. The van der Waals surface area contributed by atoms with Gasteiger partial charge in [0.1, 0.15) is 11.6 Å². The van der Waals surface area contributed by atoms with Gasteiger partial charge in [-0.2, -0.15) is 4.31 Å². The molecule has 0 fully saturated rings. The minimum atomic E-state index is -3.71. The minimum absolute atomic E-state index is 0. The first-order valence-electron chi connectivity index (χ1n) is 9.60. The van der Waals surface area contributed by atoms with Gasteiger partial charge in [-0.1, -0.05) is 27.7 Å². The number of sulfonamides is 1. The molecule has 2 aromatic rings. The number of nitrogens with one attached hydrogen (secondary N) is 1. The summed E-state index contributed by atoms with van der Waals surface area (Å²) in [6, 6.07) is 9.15. The van der Waals surface area contributed by atoms with E-state index in [-0.39, 0.29) is 18.2 Å². The molecule has 0 bridgehead atoms. The molecule has 0 heterocycles. The van der Waals surface area contributed by atoms with E-state index >= 15 is 0 Å². The van der Waals surface area contributed by atoms with Crippen molar-refractivity contribution < 1.29 is 25.6 Å². The van der Waals surface area contributed by atoms with Crippen LogP contribution in [0.3, 0.4) is 0 Å². The number of hydrogen-bond donors (Lipinski definition) is 1. The van der Waals surface area contributed by atoms with Crippen molar-refractivity contribution in [2.75, 3.05) is 26.2 Å². The first-order chi connectivity index (χ1) is 14.4. The lowest BCUT2D eigenvalue weighted by molar-refractivity contribution is 0.445. The zero-order chi connectivity index (χ0) is 24.1. The smallest absolute Gasteiger partial charge is 0.261 e. The van der Waals surface area contributed by atoms with Crippen molar-refractivity contribution in [3.05, 3.63) is 60.2 Å². The highest BCUT2D eigenvalue weighted by atomic mass is 35.7. The van der Waals surface area contributed by atoms with E-state index in [0.717, 1.165) is 49.5 Å². The molecule has 0 aliphatic carbocycles. The van der Waals surface area contributed by atoms with Crippen LogP contribution in [-0.4, -0.2) is 55.7 Å². The van der Waals surface area contributed by atoms with Crippen LogP contribution in [0.2, 0.25) is 0 Å². The molecule has 0 saturated heterocycles. The Morgan fingerprint density at radius 2 is 1.09 bits per heavy atom. The minimum Gasteiger partial charge on any atom is -0.317 e. The summed E-state index contributed by atoms with van der Waals surface area (Å²) in [7, 11) is -2.20. The van der Waals surface area contributed by atoms with Crippen LogP contribution in [0.4, 0.5) is 8.78 Å². The van der Waals surface area contributed by atoms with Crippen LogP contribution in [0, 0.1) is 11.6 Å². The molecule has 3 radical (unpaired) electrons. The van der Waals surface area contributed by atoms with Gasteiger partial charge in [0, 0.05) is 32.2 Å². The largest absolute Gasteiger partial charge is 0.317 e. The average molecular weight is 510 g/mol. The first kappa shape index (κ1) is 32.7. The SMILES string of the molecule is CCN(CC)S(=O)(=O)c1ccc(F)cc1.CCNCC.O=S(=O)(Cl)c1ccc(F)cc1.[B]. The van der Waals surface area contributed by atoms with Gasteiger partial charge in [0.25, 0.3) is 9.05 Å². The Kier molecular flexibility index (Phi) is 16.5. The molecular weight excluding hydrogens is 481 g/mol. The summed E-state index contributed by atoms with van der Waals surface area (Å²) < 4.78 is 71.2. The van der Waals surface area contributed by atoms with Crippen LogP contribution in [0.25, 0.3) is 0 Å². The molecule has 0 aliphatic heterocycles. The first-order valence-corrected chi connectivity index (χ1v) is 13.3. The Morgan fingerprint density at radius 1 is 0.750 bits per heavy atom. The van der Waals surface area contributed by atoms with Crippen LogP contribution < -0.4 is 5.32 Å². The number of halogens is 3. The molecule has 0 unspecified atom stereocenters. The maximum absolute atomic E-state index is 12.6. The Balaban J connectivity index is 0. The third-order valence-electron chi connectivity index (χ3n) is 3.75. The molecular formula is C20H29BClF2N2O4S2. The van der Waals surface area contributed by atoms with Crippen molar-refractivity contribution >= 4 is 38.2 Å². The van der Waals surface area contributed by atoms with E-state index in [1.807, 2.05) is 0 Å². The summed E-state index contributed by atoms with van der Waals surface area (Å²) in [6.45, 7) is 10.8. The van der Waals surface area contributed by atoms with E-state index < -0.39 is 30.7 Å². The molecule has 2 aromatic carbocycles. The van der Waals surface area contributed by atoms with Crippen LogP contribution in [-0.2, 0) is 19.1 Å².